The lowest BCUT2D eigenvalue weighted by atomic mass is 9.96. The first kappa shape index (κ1) is 18.7. The monoisotopic (exact) mass is 373 g/mol. The van der Waals surface area contributed by atoms with Crippen molar-refractivity contribution in [3.05, 3.63) is 53.4 Å². The van der Waals surface area contributed by atoms with Crippen molar-refractivity contribution in [1.29, 1.82) is 0 Å². The van der Waals surface area contributed by atoms with Crippen molar-refractivity contribution in [1.82, 2.24) is 20.1 Å². The van der Waals surface area contributed by atoms with Gasteiger partial charge in [0.15, 0.2) is 5.82 Å². The SMILES string of the molecule is NC(Cc1ccn(-c2ccc(F)cn2)n1)C(=O)NC1=C(C(=O)O)CCCC1. The Balaban J connectivity index is 1.65. The molecule has 2 heterocycles. The lowest BCUT2D eigenvalue weighted by molar-refractivity contribution is -0.133. The fourth-order valence-electron chi connectivity index (χ4n) is 2.94. The third-order valence-corrected chi connectivity index (χ3v) is 4.36. The highest BCUT2D eigenvalue weighted by molar-refractivity contribution is 5.90. The van der Waals surface area contributed by atoms with Gasteiger partial charge in [-0.15, -0.1) is 0 Å². The summed E-state index contributed by atoms with van der Waals surface area (Å²) in [6, 6.07) is 3.59. The van der Waals surface area contributed by atoms with Crippen LogP contribution in [0.25, 0.3) is 5.82 Å². The van der Waals surface area contributed by atoms with Crippen molar-refractivity contribution in [2.45, 2.75) is 38.1 Å². The number of rotatable bonds is 6. The van der Waals surface area contributed by atoms with Gasteiger partial charge in [-0.25, -0.2) is 18.9 Å². The van der Waals surface area contributed by atoms with Crippen LogP contribution in [0.15, 0.2) is 41.9 Å². The Bertz CT molecular complexity index is 875. The van der Waals surface area contributed by atoms with E-state index in [4.69, 9.17) is 5.73 Å². The van der Waals surface area contributed by atoms with Crippen LogP contribution in [-0.2, 0) is 16.0 Å². The van der Waals surface area contributed by atoms with Crippen molar-refractivity contribution >= 4 is 11.9 Å². The number of carbonyl (C=O) groups is 2. The maximum absolute atomic E-state index is 12.9. The number of carboxylic acids is 1. The largest absolute Gasteiger partial charge is 0.478 e. The summed E-state index contributed by atoms with van der Waals surface area (Å²) in [6.07, 6.45) is 5.49. The second-order valence-electron chi connectivity index (χ2n) is 6.36. The average molecular weight is 373 g/mol. The molecule has 8 nitrogen and oxygen atoms in total. The number of aromatic nitrogens is 3. The number of halogens is 1. The molecule has 2 aromatic heterocycles. The van der Waals surface area contributed by atoms with Crippen LogP contribution >= 0.6 is 0 Å². The Kier molecular flexibility index (Phi) is 5.60. The number of nitrogens with one attached hydrogen (secondary N) is 1. The summed E-state index contributed by atoms with van der Waals surface area (Å²) in [4.78, 5) is 27.6. The van der Waals surface area contributed by atoms with Gasteiger partial charge in [0.25, 0.3) is 0 Å². The number of nitrogens with zero attached hydrogens (tertiary/aromatic N) is 3. The molecule has 9 heteroatoms. The molecule has 2 aromatic rings. The van der Waals surface area contributed by atoms with Crippen molar-refractivity contribution in [3.8, 4) is 5.82 Å². The smallest absolute Gasteiger partial charge is 0.333 e. The maximum Gasteiger partial charge on any atom is 0.333 e. The molecule has 1 atom stereocenters. The molecular weight excluding hydrogens is 353 g/mol. The average Bonchev–Trinajstić information content (AvgIpc) is 3.11. The normalized spacial score (nSPS) is 15.5. The minimum absolute atomic E-state index is 0.176. The van der Waals surface area contributed by atoms with E-state index in [0.717, 1.165) is 19.0 Å². The summed E-state index contributed by atoms with van der Waals surface area (Å²) in [7, 11) is 0. The van der Waals surface area contributed by atoms with Crippen LogP contribution in [0, 0.1) is 5.82 Å². The second-order valence-corrected chi connectivity index (χ2v) is 6.36. The van der Waals surface area contributed by atoms with Crippen molar-refractivity contribution in [2.75, 3.05) is 0 Å². The van der Waals surface area contributed by atoms with Crippen LogP contribution in [0.3, 0.4) is 0 Å². The number of hydrogen-bond donors (Lipinski definition) is 3. The van der Waals surface area contributed by atoms with Crippen LogP contribution in [0.5, 0.6) is 0 Å². The van der Waals surface area contributed by atoms with Crippen molar-refractivity contribution in [2.24, 2.45) is 5.73 Å². The van der Waals surface area contributed by atoms with E-state index in [9.17, 15) is 19.1 Å². The topological polar surface area (TPSA) is 123 Å². The van der Waals surface area contributed by atoms with Crippen molar-refractivity contribution < 1.29 is 19.1 Å². The number of nitrogens with two attached hydrogens (primary N) is 1. The Labute approximate surface area is 154 Å². The minimum atomic E-state index is -1.01. The molecule has 0 spiro atoms. The summed E-state index contributed by atoms with van der Waals surface area (Å²) < 4.78 is 14.4. The molecule has 0 radical (unpaired) electrons. The summed E-state index contributed by atoms with van der Waals surface area (Å²) >= 11 is 0. The van der Waals surface area contributed by atoms with Gasteiger partial charge in [-0.3, -0.25) is 4.79 Å². The first-order valence-electron chi connectivity index (χ1n) is 8.62. The molecule has 142 valence electrons. The van der Waals surface area contributed by atoms with Gasteiger partial charge in [-0.1, -0.05) is 0 Å². The quantitative estimate of drug-likeness (QED) is 0.701. The highest BCUT2D eigenvalue weighted by Crippen LogP contribution is 2.23. The van der Waals surface area contributed by atoms with Gasteiger partial charge < -0.3 is 16.2 Å². The number of aliphatic carboxylic acids is 1. The molecule has 0 bridgehead atoms. The molecule has 0 fully saturated rings. The highest BCUT2D eigenvalue weighted by Gasteiger charge is 2.23. The number of allylic oxidation sites excluding steroid dienone is 1. The molecule has 1 aliphatic carbocycles. The first-order chi connectivity index (χ1) is 12.9. The Morgan fingerprint density at radius 3 is 2.78 bits per heavy atom. The van der Waals surface area contributed by atoms with E-state index in [1.165, 1.54) is 16.8 Å². The lowest BCUT2D eigenvalue weighted by Crippen LogP contribution is -2.42. The molecule has 0 aromatic carbocycles. The van der Waals surface area contributed by atoms with Crippen LogP contribution in [0.1, 0.15) is 31.4 Å². The third-order valence-electron chi connectivity index (χ3n) is 4.36. The zero-order chi connectivity index (χ0) is 19.4. The summed E-state index contributed by atoms with van der Waals surface area (Å²) in [5, 5.41) is 16.2. The lowest BCUT2D eigenvalue weighted by Gasteiger charge is -2.20. The number of amides is 1. The van der Waals surface area contributed by atoms with Crippen LogP contribution in [0.2, 0.25) is 0 Å². The van der Waals surface area contributed by atoms with E-state index < -0.39 is 23.7 Å². The van der Waals surface area contributed by atoms with E-state index in [2.05, 4.69) is 15.4 Å². The van der Waals surface area contributed by atoms with E-state index in [-0.39, 0.29) is 12.0 Å². The number of pyridine rings is 1. The van der Waals surface area contributed by atoms with Crippen LogP contribution in [0.4, 0.5) is 4.39 Å². The fraction of sp³-hybridized carbons (Fsp3) is 0.333. The van der Waals surface area contributed by atoms with Gasteiger partial charge in [0.1, 0.15) is 5.82 Å². The van der Waals surface area contributed by atoms with E-state index in [0.29, 0.717) is 30.1 Å². The first-order valence-corrected chi connectivity index (χ1v) is 8.62. The Morgan fingerprint density at radius 1 is 1.30 bits per heavy atom. The zero-order valence-electron chi connectivity index (χ0n) is 14.6. The number of carboxylic acid groups (broad SMARTS) is 1. The highest BCUT2D eigenvalue weighted by atomic mass is 19.1. The number of carbonyl (C=O) groups excluding carboxylic acids is 1. The van der Waals surface area contributed by atoms with Gasteiger partial charge >= 0.3 is 5.97 Å². The van der Waals surface area contributed by atoms with Gasteiger partial charge in [-0.2, -0.15) is 5.10 Å². The summed E-state index contributed by atoms with van der Waals surface area (Å²) in [6.45, 7) is 0. The summed E-state index contributed by atoms with van der Waals surface area (Å²) in [5.74, 6) is -1.45. The van der Waals surface area contributed by atoms with Gasteiger partial charge in [0.05, 0.1) is 23.5 Å². The third kappa shape index (κ3) is 4.56. The van der Waals surface area contributed by atoms with Gasteiger partial charge in [0, 0.05) is 18.3 Å². The predicted molar refractivity (Wildman–Crippen MR) is 94.3 cm³/mol. The molecule has 27 heavy (non-hydrogen) atoms. The number of hydrogen-bond acceptors (Lipinski definition) is 5. The maximum atomic E-state index is 12.9. The van der Waals surface area contributed by atoms with Gasteiger partial charge in [-0.05, 0) is 43.9 Å². The molecular formula is C18H20FN5O3. The molecule has 3 rings (SSSR count). The van der Waals surface area contributed by atoms with Crippen LogP contribution < -0.4 is 11.1 Å². The van der Waals surface area contributed by atoms with Gasteiger partial charge in [0.2, 0.25) is 5.91 Å². The second kappa shape index (κ2) is 8.09. The molecule has 1 aliphatic rings. The molecule has 1 amide bonds. The van der Waals surface area contributed by atoms with Crippen LogP contribution in [-0.4, -0.2) is 37.8 Å². The molecule has 0 saturated carbocycles. The molecule has 4 N–H and O–H groups in total. The standard InChI is InChI=1S/C18H20FN5O3/c19-11-5-6-16(21-10-11)24-8-7-12(23-24)9-14(20)17(25)22-15-4-2-1-3-13(15)18(26)27/h5-8,10,14H,1-4,9,20H2,(H,22,25)(H,26,27). The van der Waals surface area contributed by atoms with Crippen molar-refractivity contribution in [3.63, 3.8) is 0 Å². The molecule has 0 aliphatic heterocycles. The van der Waals surface area contributed by atoms with E-state index in [1.807, 2.05) is 0 Å². The fourth-order valence-corrected chi connectivity index (χ4v) is 2.94. The van der Waals surface area contributed by atoms with E-state index in [1.54, 1.807) is 12.3 Å². The predicted octanol–water partition coefficient (Wildman–Crippen LogP) is 1.31. The van der Waals surface area contributed by atoms with E-state index >= 15 is 0 Å². The minimum Gasteiger partial charge on any atom is -0.478 e. The Hall–Kier alpha value is -3.07. The molecule has 0 saturated heterocycles. The summed E-state index contributed by atoms with van der Waals surface area (Å²) in [5.41, 5.74) is 7.21. The zero-order valence-corrected chi connectivity index (χ0v) is 14.6. The molecule has 1 unspecified atom stereocenters. The Morgan fingerprint density at radius 2 is 2.07 bits per heavy atom.